The minimum atomic E-state index is -1.15. The van der Waals surface area contributed by atoms with Crippen molar-refractivity contribution in [2.45, 2.75) is 91.1 Å². The van der Waals surface area contributed by atoms with E-state index in [-0.39, 0.29) is 44.0 Å². The van der Waals surface area contributed by atoms with Crippen LogP contribution in [0.5, 0.6) is 0 Å². The molecule has 1 fully saturated rings. The molecule has 4 N–H and O–H groups in total. The average molecular weight is 617 g/mol. The summed E-state index contributed by atoms with van der Waals surface area (Å²) in [6.45, 7) is 11.5. The lowest BCUT2D eigenvalue weighted by atomic mass is 9.97. The standard InChI is InChI=1S/C32H48N4O8/c1-7-42-27(37)14-13-24(18-23-15-16-33-28(23)38)34-29(39)25(17-21(2)3)35-30(40)26(20-44-32(4,5)6)36-31(41)43-19-22-11-9-8-10-12-22/h8-14,21,23-26H,7,15-20H2,1-6H3,(H,33,38)(H,34,39)(H,35,40)(H,36,41)/b14-13+/t23-,24+,25-,26-/m0/s1. The summed E-state index contributed by atoms with van der Waals surface area (Å²) in [7, 11) is 0. The first-order valence-electron chi connectivity index (χ1n) is 15.1. The van der Waals surface area contributed by atoms with E-state index in [2.05, 4.69) is 21.3 Å². The van der Waals surface area contributed by atoms with Crippen molar-refractivity contribution in [3.05, 3.63) is 48.0 Å². The van der Waals surface area contributed by atoms with E-state index in [1.54, 1.807) is 6.92 Å². The number of benzene rings is 1. The average Bonchev–Trinajstić information content (AvgIpc) is 3.36. The van der Waals surface area contributed by atoms with Gasteiger partial charge in [-0.3, -0.25) is 14.4 Å². The third-order valence-electron chi connectivity index (χ3n) is 6.62. The van der Waals surface area contributed by atoms with Crippen LogP contribution in [0.3, 0.4) is 0 Å². The van der Waals surface area contributed by atoms with E-state index < -0.39 is 47.6 Å². The number of carbonyl (C=O) groups is 5. The summed E-state index contributed by atoms with van der Waals surface area (Å²) in [6.07, 6.45) is 3.08. The monoisotopic (exact) mass is 616 g/mol. The SMILES string of the molecule is CCOC(=O)/C=C/[C@H](C[C@@H]1CCNC1=O)NC(=O)[C@H](CC(C)C)NC(=O)[C@H](COC(C)(C)C)NC(=O)OCc1ccccc1. The molecule has 44 heavy (non-hydrogen) atoms. The van der Waals surface area contributed by atoms with Crippen LogP contribution in [-0.2, 0) is 40.0 Å². The predicted molar refractivity (Wildman–Crippen MR) is 164 cm³/mol. The molecule has 1 aliphatic rings. The molecule has 1 aromatic carbocycles. The highest BCUT2D eigenvalue weighted by Crippen LogP contribution is 2.18. The van der Waals surface area contributed by atoms with Crippen molar-refractivity contribution in [2.75, 3.05) is 19.8 Å². The van der Waals surface area contributed by atoms with Crippen molar-refractivity contribution in [3.8, 4) is 0 Å². The topological polar surface area (TPSA) is 161 Å². The van der Waals surface area contributed by atoms with Crippen molar-refractivity contribution in [1.82, 2.24) is 21.3 Å². The summed E-state index contributed by atoms with van der Waals surface area (Å²) >= 11 is 0. The highest BCUT2D eigenvalue weighted by Gasteiger charge is 2.32. The Morgan fingerprint density at radius 3 is 2.27 bits per heavy atom. The summed E-state index contributed by atoms with van der Waals surface area (Å²) in [5.74, 6) is -2.12. The molecule has 0 aliphatic carbocycles. The van der Waals surface area contributed by atoms with E-state index >= 15 is 0 Å². The molecule has 1 heterocycles. The number of esters is 1. The van der Waals surface area contributed by atoms with E-state index in [0.29, 0.717) is 19.4 Å². The summed E-state index contributed by atoms with van der Waals surface area (Å²) in [6, 6.07) is 6.32. The lowest BCUT2D eigenvalue weighted by Gasteiger charge is -2.28. The number of alkyl carbamates (subject to hydrolysis) is 1. The van der Waals surface area contributed by atoms with Crippen LogP contribution < -0.4 is 21.3 Å². The van der Waals surface area contributed by atoms with Gasteiger partial charge in [-0.05, 0) is 58.4 Å². The number of hydrogen-bond acceptors (Lipinski definition) is 8. The number of nitrogens with one attached hydrogen (secondary N) is 4. The molecule has 1 aliphatic heterocycles. The van der Waals surface area contributed by atoms with Gasteiger partial charge < -0.3 is 35.5 Å². The second-order valence-electron chi connectivity index (χ2n) is 12.1. The number of amides is 4. The maximum atomic E-state index is 13.6. The van der Waals surface area contributed by atoms with Crippen molar-refractivity contribution in [1.29, 1.82) is 0 Å². The van der Waals surface area contributed by atoms with Gasteiger partial charge in [-0.2, -0.15) is 0 Å². The minimum Gasteiger partial charge on any atom is -0.463 e. The number of rotatable bonds is 16. The Labute approximate surface area is 260 Å². The Bertz CT molecular complexity index is 1130. The third-order valence-corrected chi connectivity index (χ3v) is 6.62. The predicted octanol–water partition coefficient (Wildman–Crippen LogP) is 2.76. The van der Waals surface area contributed by atoms with E-state index in [0.717, 1.165) is 5.56 Å². The maximum Gasteiger partial charge on any atom is 0.408 e. The zero-order valence-corrected chi connectivity index (χ0v) is 26.6. The molecule has 0 saturated carbocycles. The van der Waals surface area contributed by atoms with Gasteiger partial charge in [-0.1, -0.05) is 50.3 Å². The molecule has 2 rings (SSSR count). The summed E-state index contributed by atoms with van der Waals surface area (Å²) in [5, 5.41) is 11.0. The molecule has 244 valence electrons. The second kappa shape index (κ2) is 18.0. The lowest BCUT2D eigenvalue weighted by molar-refractivity contribution is -0.137. The molecule has 0 radical (unpaired) electrons. The van der Waals surface area contributed by atoms with Gasteiger partial charge in [0.15, 0.2) is 0 Å². The number of ether oxygens (including phenoxy) is 3. The summed E-state index contributed by atoms with van der Waals surface area (Å²) < 4.78 is 16.1. The quantitative estimate of drug-likeness (QED) is 0.163. The fraction of sp³-hybridized carbons (Fsp3) is 0.594. The molecule has 1 aromatic rings. The Morgan fingerprint density at radius 2 is 1.68 bits per heavy atom. The molecule has 0 aromatic heterocycles. The zero-order chi connectivity index (χ0) is 32.7. The van der Waals surface area contributed by atoms with E-state index in [9.17, 15) is 24.0 Å². The Kier molecular flexibility index (Phi) is 14.8. The van der Waals surface area contributed by atoms with Crippen LogP contribution in [0.25, 0.3) is 0 Å². The number of hydrogen-bond donors (Lipinski definition) is 4. The fourth-order valence-electron chi connectivity index (χ4n) is 4.43. The first-order valence-corrected chi connectivity index (χ1v) is 15.1. The number of carbonyl (C=O) groups excluding carboxylic acids is 5. The van der Waals surface area contributed by atoms with Gasteiger partial charge in [-0.15, -0.1) is 0 Å². The molecule has 0 spiro atoms. The van der Waals surface area contributed by atoms with Gasteiger partial charge >= 0.3 is 12.1 Å². The van der Waals surface area contributed by atoms with E-state index in [1.807, 2.05) is 65.0 Å². The molecule has 12 heteroatoms. The summed E-state index contributed by atoms with van der Waals surface area (Å²) in [4.78, 5) is 63.9. The summed E-state index contributed by atoms with van der Waals surface area (Å²) in [5.41, 5.74) is 0.179. The van der Waals surface area contributed by atoms with Gasteiger partial charge in [0.1, 0.15) is 18.7 Å². The van der Waals surface area contributed by atoms with Crippen molar-refractivity contribution in [3.63, 3.8) is 0 Å². The molecule has 4 amide bonds. The van der Waals surface area contributed by atoms with Crippen LogP contribution in [0.4, 0.5) is 4.79 Å². The first kappa shape index (κ1) is 36.3. The van der Waals surface area contributed by atoms with Gasteiger partial charge in [-0.25, -0.2) is 9.59 Å². The van der Waals surface area contributed by atoms with Gasteiger partial charge in [0.25, 0.3) is 0 Å². The van der Waals surface area contributed by atoms with Gasteiger partial charge in [0.05, 0.1) is 18.8 Å². The van der Waals surface area contributed by atoms with Crippen LogP contribution in [0.2, 0.25) is 0 Å². The fourth-order valence-corrected chi connectivity index (χ4v) is 4.43. The van der Waals surface area contributed by atoms with Gasteiger partial charge in [0, 0.05) is 24.6 Å². The largest absolute Gasteiger partial charge is 0.463 e. The molecular formula is C32H48N4O8. The van der Waals surface area contributed by atoms with Crippen molar-refractivity contribution >= 4 is 29.8 Å². The third kappa shape index (κ3) is 14.0. The maximum absolute atomic E-state index is 13.6. The van der Waals surface area contributed by atoms with Crippen LogP contribution in [0, 0.1) is 11.8 Å². The Balaban J connectivity index is 2.17. The normalized spacial score (nSPS) is 17.0. The second-order valence-corrected chi connectivity index (χ2v) is 12.1. The highest BCUT2D eigenvalue weighted by molar-refractivity contribution is 5.91. The van der Waals surface area contributed by atoms with Crippen LogP contribution in [0.15, 0.2) is 42.5 Å². The first-order chi connectivity index (χ1) is 20.8. The Morgan fingerprint density at radius 1 is 1.00 bits per heavy atom. The smallest absolute Gasteiger partial charge is 0.408 e. The molecule has 0 unspecified atom stereocenters. The van der Waals surface area contributed by atoms with Crippen LogP contribution in [0.1, 0.15) is 66.4 Å². The highest BCUT2D eigenvalue weighted by atomic mass is 16.6. The van der Waals surface area contributed by atoms with Crippen molar-refractivity contribution in [2.24, 2.45) is 11.8 Å². The molecule has 0 bridgehead atoms. The zero-order valence-electron chi connectivity index (χ0n) is 26.6. The molecule has 12 nitrogen and oxygen atoms in total. The molecule has 4 atom stereocenters. The molecule has 1 saturated heterocycles. The lowest BCUT2D eigenvalue weighted by Crippen LogP contribution is -2.56. The Hall–Kier alpha value is -3.93. The minimum absolute atomic E-state index is 0.0131. The molecular weight excluding hydrogens is 568 g/mol. The van der Waals surface area contributed by atoms with Crippen LogP contribution in [-0.4, -0.2) is 73.3 Å². The van der Waals surface area contributed by atoms with Crippen LogP contribution >= 0.6 is 0 Å². The van der Waals surface area contributed by atoms with E-state index in [1.165, 1.54) is 12.2 Å². The van der Waals surface area contributed by atoms with Crippen molar-refractivity contribution < 1.29 is 38.2 Å². The van der Waals surface area contributed by atoms with Gasteiger partial charge in [0.2, 0.25) is 17.7 Å². The van der Waals surface area contributed by atoms with E-state index in [4.69, 9.17) is 14.2 Å².